The molecule has 2 aromatic rings. The van der Waals surface area contributed by atoms with Crippen LogP contribution in [-0.2, 0) is 14.4 Å². The second-order valence-corrected chi connectivity index (χ2v) is 6.86. The smallest absolute Gasteiger partial charge is 0.295 e. The van der Waals surface area contributed by atoms with E-state index in [1.807, 2.05) is 6.92 Å². The first-order valence-corrected chi connectivity index (χ1v) is 9.11. The van der Waals surface area contributed by atoms with E-state index >= 15 is 0 Å². The molecule has 0 saturated carbocycles. The molecule has 0 aliphatic carbocycles. The number of aliphatic hydroxyl groups excluding tert-OH is 1. The molecule has 1 atom stereocenters. The van der Waals surface area contributed by atoms with Crippen molar-refractivity contribution in [3.63, 3.8) is 0 Å². The highest BCUT2D eigenvalue weighted by Gasteiger charge is 2.46. The lowest BCUT2D eigenvalue weighted by Gasteiger charge is -2.25. The van der Waals surface area contributed by atoms with Crippen LogP contribution in [0.25, 0.3) is 5.76 Å². The van der Waals surface area contributed by atoms with Gasteiger partial charge in [-0.05, 0) is 25.8 Å². The summed E-state index contributed by atoms with van der Waals surface area (Å²) in [5, 5.41) is 21.5. The Morgan fingerprint density at radius 3 is 2.41 bits per heavy atom. The number of rotatable bonds is 6. The van der Waals surface area contributed by atoms with Crippen LogP contribution in [-0.4, -0.2) is 34.2 Å². The van der Waals surface area contributed by atoms with Crippen molar-refractivity contribution < 1.29 is 29.0 Å². The molecule has 1 amide bonds. The van der Waals surface area contributed by atoms with Gasteiger partial charge in [0.25, 0.3) is 11.7 Å². The zero-order chi connectivity index (χ0) is 21.1. The number of carbonyl (C=O) groups is 3. The number of carboxylic acid groups (broad SMARTS) is 1. The normalized spacial score (nSPS) is 18.3. The van der Waals surface area contributed by atoms with Gasteiger partial charge in [0.05, 0.1) is 11.6 Å². The van der Waals surface area contributed by atoms with Crippen molar-refractivity contribution in [1.82, 2.24) is 4.90 Å². The third-order valence-corrected chi connectivity index (χ3v) is 4.84. The average molecular weight is 396 g/mol. The summed E-state index contributed by atoms with van der Waals surface area (Å²) in [4.78, 5) is 37.2. The number of ketones is 1. The maximum atomic E-state index is 14.6. The fourth-order valence-electron chi connectivity index (χ4n) is 3.39. The Morgan fingerprint density at radius 2 is 1.79 bits per heavy atom. The molecule has 1 heterocycles. The first-order valence-electron chi connectivity index (χ1n) is 9.11. The summed E-state index contributed by atoms with van der Waals surface area (Å²) < 4.78 is 14.6. The quantitative estimate of drug-likeness (QED) is 0.458. The summed E-state index contributed by atoms with van der Waals surface area (Å²) in [6, 6.07) is 11.2. The van der Waals surface area contributed by atoms with Gasteiger partial charge in [-0.3, -0.25) is 9.59 Å². The predicted octanol–water partition coefficient (Wildman–Crippen LogP) is 2.09. The molecule has 0 unspecified atom stereocenters. The number of aliphatic carboxylic acids is 1. The lowest BCUT2D eigenvalue weighted by molar-refractivity contribution is -0.305. The maximum Gasteiger partial charge on any atom is 0.295 e. The maximum absolute atomic E-state index is 14.6. The molecule has 6 nitrogen and oxygen atoms in total. The third kappa shape index (κ3) is 4.03. The lowest BCUT2D eigenvalue weighted by atomic mass is 9.94. The number of amides is 1. The molecule has 150 valence electrons. The molecule has 29 heavy (non-hydrogen) atoms. The highest BCUT2D eigenvalue weighted by atomic mass is 19.1. The number of carboxylic acids is 1. The minimum atomic E-state index is -1.29. The first kappa shape index (κ1) is 20.3. The van der Waals surface area contributed by atoms with E-state index in [1.54, 1.807) is 30.3 Å². The lowest BCUT2D eigenvalue weighted by Crippen LogP contribution is -2.32. The number of likely N-dealkylation sites (tertiary alicyclic amines) is 1. The van der Waals surface area contributed by atoms with Crippen LogP contribution < -0.4 is 5.11 Å². The van der Waals surface area contributed by atoms with Crippen molar-refractivity contribution >= 4 is 23.4 Å². The number of hydrogen-bond acceptors (Lipinski definition) is 5. The van der Waals surface area contributed by atoms with Gasteiger partial charge in [0.15, 0.2) is 0 Å². The van der Waals surface area contributed by atoms with Gasteiger partial charge in [-0.1, -0.05) is 48.0 Å². The molecule has 1 fully saturated rings. The van der Waals surface area contributed by atoms with Gasteiger partial charge in [0.1, 0.15) is 11.6 Å². The minimum Gasteiger partial charge on any atom is -0.550 e. The fraction of sp³-hybridized carbons (Fsp3) is 0.227. The molecule has 3 rings (SSSR count). The van der Waals surface area contributed by atoms with Crippen LogP contribution in [0.15, 0.2) is 54.1 Å². The minimum absolute atomic E-state index is 0.0326. The van der Waals surface area contributed by atoms with Crippen molar-refractivity contribution in [1.29, 1.82) is 0 Å². The number of carbonyl (C=O) groups excluding carboxylic acids is 3. The van der Waals surface area contributed by atoms with Crippen LogP contribution in [0.1, 0.15) is 35.6 Å². The van der Waals surface area contributed by atoms with E-state index in [-0.39, 0.29) is 30.5 Å². The molecule has 0 spiro atoms. The first-order chi connectivity index (χ1) is 13.8. The Balaban J connectivity index is 2.12. The molecular formula is C22H19FNO5-. The number of aryl methyl sites for hydroxylation is 1. The second-order valence-electron chi connectivity index (χ2n) is 6.86. The highest BCUT2D eigenvalue weighted by molar-refractivity contribution is 6.46. The van der Waals surface area contributed by atoms with Crippen LogP contribution in [0, 0.1) is 12.7 Å². The number of halogens is 1. The fourth-order valence-corrected chi connectivity index (χ4v) is 3.39. The Kier molecular flexibility index (Phi) is 5.77. The molecule has 0 aromatic heterocycles. The molecule has 1 saturated heterocycles. The Morgan fingerprint density at radius 1 is 1.14 bits per heavy atom. The van der Waals surface area contributed by atoms with Gasteiger partial charge in [-0.25, -0.2) is 4.39 Å². The van der Waals surface area contributed by atoms with Gasteiger partial charge < -0.3 is 19.9 Å². The van der Waals surface area contributed by atoms with Gasteiger partial charge in [-0.2, -0.15) is 0 Å². The summed E-state index contributed by atoms with van der Waals surface area (Å²) >= 11 is 0. The summed E-state index contributed by atoms with van der Waals surface area (Å²) in [6.45, 7) is 1.77. The number of nitrogens with zero attached hydrogens (tertiary/aromatic N) is 1. The molecule has 7 heteroatoms. The monoisotopic (exact) mass is 396 g/mol. The van der Waals surface area contributed by atoms with Crippen molar-refractivity contribution in [2.24, 2.45) is 0 Å². The molecule has 1 N–H and O–H groups in total. The standard InChI is InChI=1S/C22H20FNO5/c1-13-8-10-14(11-9-13)20(27)18-19(15-5-2-3-6-16(15)23)24(22(29)21(18)28)12-4-7-17(25)26/h2-3,5-6,8-11,19,27H,4,7,12H2,1H3,(H,25,26)/p-1/t19-/m1/s1. The van der Waals surface area contributed by atoms with Crippen LogP contribution in [0.5, 0.6) is 0 Å². The Labute approximate surface area is 166 Å². The van der Waals surface area contributed by atoms with Gasteiger partial charge in [-0.15, -0.1) is 0 Å². The van der Waals surface area contributed by atoms with E-state index in [9.17, 15) is 29.0 Å². The van der Waals surface area contributed by atoms with E-state index < -0.39 is 35.3 Å². The van der Waals surface area contributed by atoms with Crippen molar-refractivity contribution in [3.05, 3.63) is 76.6 Å². The molecule has 1 aliphatic rings. The number of benzene rings is 2. The second kappa shape index (κ2) is 8.26. The number of aliphatic hydroxyl groups is 1. The number of hydrogen-bond donors (Lipinski definition) is 1. The Hall–Kier alpha value is -3.48. The summed E-state index contributed by atoms with van der Waals surface area (Å²) in [5.41, 5.74) is 1.09. The summed E-state index contributed by atoms with van der Waals surface area (Å²) in [6.07, 6.45) is -0.282. The zero-order valence-corrected chi connectivity index (χ0v) is 15.7. The van der Waals surface area contributed by atoms with Crippen molar-refractivity contribution in [2.45, 2.75) is 25.8 Å². The molecule has 0 bridgehead atoms. The molecule has 1 aliphatic heterocycles. The molecule has 0 radical (unpaired) electrons. The van der Waals surface area contributed by atoms with Gasteiger partial charge in [0, 0.05) is 23.6 Å². The average Bonchev–Trinajstić information content (AvgIpc) is 2.93. The third-order valence-electron chi connectivity index (χ3n) is 4.84. The van der Waals surface area contributed by atoms with E-state index in [1.165, 1.54) is 18.2 Å². The number of Topliss-reactive ketones (excluding diaryl/α,β-unsaturated/α-hetero) is 1. The van der Waals surface area contributed by atoms with E-state index in [2.05, 4.69) is 0 Å². The van der Waals surface area contributed by atoms with Crippen LogP contribution >= 0.6 is 0 Å². The summed E-state index contributed by atoms with van der Waals surface area (Å²) in [7, 11) is 0. The van der Waals surface area contributed by atoms with Gasteiger partial charge in [0.2, 0.25) is 0 Å². The highest BCUT2D eigenvalue weighted by Crippen LogP contribution is 2.40. The van der Waals surface area contributed by atoms with Crippen molar-refractivity contribution in [2.75, 3.05) is 6.54 Å². The summed E-state index contributed by atoms with van der Waals surface area (Å²) in [5.74, 6) is -4.18. The van der Waals surface area contributed by atoms with Crippen LogP contribution in [0.2, 0.25) is 0 Å². The van der Waals surface area contributed by atoms with Crippen LogP contribution in [0.3, 0.4) is 0 Å². The van der Waals surface area contributed by atoms with E-state index in [0.717, 1.165) is 10.5 Å². The van der Waals surface area contributed by atoms with E-state index in [0.29, 0.717) is 5.56 Å². The van der Waals surface area contributed by atoms with E-state index in [4.69, 9.17) is 0 Å². The van der Waals surface area contributed by atoms with Crippen molar-refractivity contribution in [3.8, 4) is 0 Å². The molecular weight excluding hydrogens is 377 g/mol. The Bertz CT molecular complexity index is 997. The van der Waals surface area contributed by atoms with Crippen LogP contribution in [0.4, 0.5) is 4.39 Å². The van der Waals surface area contributed by atoms with Gasteiger partial charge >= 0.3 is 0 Å². The topological polar surface area (TPSA) is 97.7 Å². The largest absolute Gasteiger partial charge is 0.550 e. The molecule has 2 aromatic carbocycles. The predicted molar refractivity (Wildman–Crippen MR) is 101 cm³/mol. The zero-order valence-electron chi connectivity index (χ0n) is 15.7. The SMILES string of the molecule is Cc1ccc(C(O)=C2C(=O)C(=O)N(CCCC(=O)[O-])[C@@H]2c2ccccc2F)cc1.